The summed E-state index contributed by atoms with van der Waals surface area (Å²) in [4.78, 5) is 0. The Balaban J connectivity index is 3.63. The van der Waals surface area contributed by atoms with Crippen LogP contribution in [0.3, 0.4) is 0 Å². The first-order chi connectivity index (χ1) is 5.12. The van der Waals surface area contributed by atoms with Crippen molar-refractivity contribution < 1.29 is 23.2 Å². The maximum atomic E-state index is 11.3. The number of unbranched alkanes of at least 4 members (excludes halogenated alkanes) is 2. The summed E-state index contributed by atoms with van der Waals surface area (Å²) in [5, 5.41) is 0. The van der Waals surface area contributed by atoms with Gasteiger partial charge in [0.15, 0.2) is 0 Å². The monoisotopic (exact) mass is 194 g/mol. The van der Waals surface area contributed by atoms with Crippen LogP contribution in [-0.2, 0) is 23.2 Å². The molecule has 0 spiro atoms. The minimum absolute atomic E-state index is 0.483. The molecule has 0 amide bonds. The summed E-state index contributed by atoms with van der Waals surface area (Å²) >= 11 is -3.72. The van der Waals surface area contributed by atoms with Crippen LogP contribution in [0.1, 0.15) is 39.5 Å². The van der Waals surface area contributed by atoms with Crippen molar-refractivity contribution in [1.29, 1.82) is 0 Å². The molecule has 2 nitrogen and oxygen atoms in total. The van der Waals surface area contributed by atoms with Crippen LogP contribution in [0.4, 0.5) is 0 Å². The zero-order chi connectivity index (χ0) is 8.74. The summed E-state index contributed by atoms with van der Waals surface area (Å²) in [7, 11) is 0. The second kappa shape index (κ2) is 5.90. The Hall–Kier alpha value is 0.314. The average Bonchev–Trinajstić information content (AvgIpc) is 1.97. The zero-order valence-electron chi connectivity index (χ0n) is 7.56. The zero-order valence-corrected chi connectivity index (χ0v) is 9.12. The normalized spacial score (nSPS) is 10.4. The molecular formula is C8H18O2Ti. The maximum absolute atomic E-state index is 11.3. The topological polar surface area (TPSA) is 34.1 Å². The Labute approximate surface area is 72.4 Å². The molecule has 0 aromatic heterocycles. The van der Waals surface area contributed by atoms with Crippen LogP contribution in [0.25, 0.3) is 0 Å². The van der Waals surface area contributed by atoms with E-state index in [1.165, 1.54) is 0 Å². The van der Waals surface area contributed by atoms with Gasteiger partial charge in [0.1, 0.15) is 0 Å². The second-order valence-electron chi connectivity index (χ2n) is 3.12. The molecule has 0 bridgehead atoms. The van der Waals surface area contributed by atoms with Crippen LogP contribution in [0.2, 0.25) is 9.45 Å². The second-order valence-corrected chi connectivity index (χ2v) is 7.52. The van der Waals surface area contributed by atoms with Crippen molar-refractivity contribution in [2.45, 2.75) is 49.0 Å². The van der Waals surface area contributed by atoms with Crippen molar-refractivity contribution in [2.24, 2.45) is 0 Å². The van der Waals surface area contributed by atoms with E-state index in [4.69, 9.17) is 0 Å². The summed E-state index contributed by atoms with van der Waals surface area (Å²) in [5.74, 6) is 0. The molecule has 0 atom stereocenters. The van der Waals surface area contributed by atoms with E-state index >= 15 is 0 Å². The molecule has 0 radical (unpaired) electrons. The van der Waals surface area contributed by atoms with Crippen LogP contribution in [0.5, 0.6) is 0 Å². The van der Waals surface area contributed by atoms with Crippen LogP contribution in [-0.4, -0.2) is 0 Å². The molecule has 0 unspecified atom stereocenters. The molecule has 0 heterocycles. The first-order valence-electron chi connectivity index (χ1n) is 4.53. The first-order valence-corrected chi connectivity index (χ1v) is 8.01. The fourth-order valence-corrected chi connectivity index (χ4v) is 4.19. The SMILES string of the molecule is CCC[CH2][Ti](=[O])(=[O])[CH2]CCC. The van der Waals surface area contributed by atoms with Crippen molar-refractivity contribution in [1.82, 2.24) is 0 Å². The Kier molecular flexibility index (Phi) is 6.07. The first kappa shape index (κ1) is 11.3. The number of hydrogen-bond acceptors (Lipinski definition) is 2. The Morgan fingerprint density at radius 2 is 1.27 bits per heavy atom. The molecule has 0 aromatic rings. The molecule has 0 rings (SSSR count). The van der Waals surface area contributed by atoms with Crippen LogP contribution in [0, 0.1) is 0 Å². The molecule has 3 heteroatoms. The third kappa shape index (κ3) is 6.70. The van der Waals surface area contributed by atoms with Gasteiger partial charge in [0.05, 0.1) is 0 Å². The van der Waals surface area contributed by atoms with Crippen molar-refractivity contribution in [2.75, 3.05) is 0 Å². The van der Waals surface area contributed by atoms with E-state index in [-0.39, 0.29) is 0 Å². The van der Waals surface area contributed by atoms with E-state index < -0.39 is 16.5 Å². The van der Waals surface area contributed by atoms with Gasteiger partial charge in [-0.05, 0) is 0 Å². The van der Waals surface area contributed by atoms with Gasteiger partial charge in [0, 0.05) is 0 Å². The van der Waals surface area contributed by atoms with Crippen molar-refractivity contribution >= 4 is 0 Å². The van der Waals surface area contributed by atoms with Gasteiger partial charge < -0.3 is 0 Å². The van der Waals surface area contributed by atoms with E-state index in [1.807, 2.05) is 13.8 Å². The van der Waals surface area contributed by atoms with Gasteiger partial charge in [-0.3, -0.25) is 0 Å². The third-order valence-electron chi connectivity index (χ3n) is 1.82. The molecule has 0 N–H and O–H groups in total. The molecule has 11 heavy (non-hydrogen) atoms. The summed E-state index contributed by atoms with van der Waals surface area (Å²) in [6.07, 6.45) is 3.70. The Morgan fingerprint density at radius 3 is 1.55 bits per heavy atom. The van der Waals surface area contributed by atoms with Crippen molar-refractivity contribution in [3.8, 4) is 0 Å². The van der Waals surface area contributed by atoms with E-state index in [0.29, 0.717) is 9.45 Å². The van der Waals surface area contributed by atoms with E-state index in [0.717, 1.165) is 25.7 Å². The fourth-order valence-electron chi connectivity index (χ4n) is 1.02. The van der Waals surface area contributed by atoms with E-state index in [9.17, 15) is 6.65 Å². The standard InChI is InChI=1S/2C4H9.2O.Ti/c2*1-3-4-2;;;/h2*1,3-4H2,2H3;;;. The van der Waals surface area contributed by atoms with Crippen LogP contribution >= 0.6 is 0 Å². The third-order valence-corrected chi connectivity index (χ3v) is 5.31. The molecule has 0 aliphatic rings. The minimum atomic E-state index is -3.72. The van der Waals surface area contributed by atoms with Crippen molar-refractivity contribution in [3.63, 3.8) is 0 Å². The van der Waals surface area contributed by atoms with Gasteiger partial charge in [-0.2, -0.15) is 0 Å². The molecule has 0 aliphatic heterocycles. The van der Waals surface area contributed by atoms with Gasteiger partial charge >= 0.3 is 72.2 Å². The summed E-state index contributed by atoms with van der Waals surface area (Å²) in [6.45, 7) is 4.05. The van der Waals surface area contributed by atoms with Gasteiger partial charge in [0.25, 0.3) is 0 Å². The van der Waals surface area contributed by atoms with Crippen LogP contribution < -0.4 is 0 Å². The molecular weight excluding hydrogens is 176 g/mol. The van der Waals surface area contributed by atoms with E-state index in [1.54, 1.807) is 0 Å². The molecule has 0 saturated carbocycles. The summed E-state index contributed by atoms with van der Waals surface area (Å²) in [5.41, 5.74) is 0. The molecule has 0 aliphatic carbocycles. The Morgan fingerprint density at radius 1 is 0.909 bits per heavy atom. The summed E-state index contributed by atoms with van der Waals surface area (Å²) in [6, 6.07) is 0. The van der Waals surface area contributed by atoms with Crippen molar-refractivity contribution in [3.05, 3.63) is 0 Å². The number of hydrogen-bond donors (Lipinski definition) is 0. The molecule has 66 valence electrons. The Bertz CT molecular complexity index is 157. The quantitative estimate of drug-likeness (QED) is 0.608. The fraction of sp³-hybridized carbons (Fsp3) is 1.00. The van der Waals surface area contributed by atoms with Gasteiger partial charge in [-0.1, -0.05) is 0 Å². The molecule has 0 aromatic carbocycles. The summed E-state index contributed by atoms with van der Waals surface area (Å²) < 4.78 is 23.5. The predicted octanol–water partition coefficient (Wildman–Crippen LogP) is 3.27. The average molecular weight is 194 g/mol. The predicted molar refractivity (Wildman–Crippen MR) is 40.8 cm³/mol. The molecule has 0 saturated heterocycles. The van der Waals surface area contributed by atoms with Gasteiger partial charge in [-0.15, -0.1) is 0 Å². The van der Waals surface area contributed by atoms with Crippen LogP contribution in [0.15, 0.2) is 0 Å². The number of rotatable bonds is 6. The van der Waals surface area contributed by atoms with Gasteiger partial charge in [-0.25, -0.2) is 0 Å². The van der Waals surface area contributed by atoms with E-state index in [2.05, 4.69) is 0 Å². The van der Waals surface area contributed by atoms with Gasteiger partial charge in [0.2, 0.25) is 0 Å². The molecule has 0 fully saturated rings.